The highest BCUT2D eigenvalue weighted by molar-refractivity contribution is 5.79. The quantitative estimate of drug-likeness (QED) is 0.356. The van der Waals surface area contributed by atoms with E-state index in [2.05, 4.69) is 5.48 Å². The van der Waals surface area contributed by atoms with Crippen LogP contribution in [-0.2, 0) is 9.63 Å². The number of nitrogens with two attached hydrogens (primary N) is 2. The van der Waals surface area contributed by atoms with Crippen LogP contribution in [0, 0.1) is 5.92 Å². The molecule has 0 saturated heterocycles. The van der Waals surface area contributed by atoms with Gasteiger partial charge in [0.25, 0.3) is 0 Å². The van der Waals surface area contributed by atoms with E-state index in [9.17, 15) is 4.79 Å². The van der Waals surface area contributed by atoms with Crippen LogP contribution in [0.4, 0.5) is 0 Å². The van der Waals surface area contributed by atoms with E-state index in [1.54, 1.807) is 0 Å². The number of rotatable bonds is 6. The molecule has 0 aromatic rings. The molecule has 0 radical (unpaired) electrons. The Balaban J connectivity index is 3.25. The fourth-order valence-electron chi connectivity index (χ4n) is 0.475. The first-order chi connectivity index (χ1) is 5.54. The van der Waals surface area contributed by atoms with E-state index in [1.165, 1.54) is 0 Å². The second kappa shape index (κ2) is 5.93. The largest absolute Gasteiger partial charge is 0.368 e. The lowest BCUT2D eigenvalue weighted by atomic mass is 10.2. The molecule has 0 spiro atoms. The minimum absolute atomic E-state index is 0.252. The highest BCUT2D eigenvalue weighted by Gasteiger charge is 2.07. The summed E-state index contributed by atoms with van der Waals surface area (Å²) in [4.78, 5) is 15.4. The summed E-state index contributed by atoms with van der Waals surface area (Å²) in [5.74, 6) is -0.0852. The SMILES string of the molecule is CC(C)CONCC(N)C(N)=O. The Kier molecular flexibility index (Phi) is 5.61. The third-order valence-electron chi connectivity index (χ3n) is 1.19. The Labute approximate surface area is 72.4 Å². The number of nitrogens with one attached hydrogen (secondary N) is 1. The lowest BCUT2D eigenvalue weighted by Gasteiger charge is -2.10. The van der Waals surface area contributed by atoms with Crippen LogP contribution in [0.2, 0.25) is 0 Å². The number of primary amides is 1. The number of amides is 1. The fourth-order valence-corrected chi connectivity index (χ4v) is 0.475. The van der Waals surface area contributed by atoms with Crippen molar-refractivity contribution < 1.29 is 9.63 Å². The van der Waals surface area contributed by atoms with Crippen LogP contribution in [0.25, 0.3) is 0 Å². The van der Waals surface area contributed by atoms with Crippen LogP contribution in [0.3, 0.4) is 0 Å². The average Bonchev–Trinajstić information content (AvgIpc) is 1.97. The minimum Gasteiger partial charge on any atom is -0.368 e. The van der Waals surface area contributed by atoms with Gasteiger partial charge in [0.15, 0.2) is 0 Å². The van der Waals surface area contributed by atoms with Gasteiger partial charge in [-0.3, -0.25) is 4.79 Å². The van der Waals surface area contributed by atoms with Crippen molar-refractivity contribution in [1.29, 1.82) is 0 Å². The predicted molar refractivity (Wildman–Crippen MR) is 46.0 cm³/mol. The fraction of sp³-hybridized carbons (Fsp3) is 0.857. The average molecular weight is 175 g/mol. The third-order valence-corrected chi connectivity index (χ3v) is 1.19. The molecular formula is C7H17N3O2. The van der Waals surface area contributed by atoms with Gasteiger partial charge in [0.2, 0.25) is 5.91 Å². The highest BCUT2D eigenvalue weighted by atomic mass is 16.6. The molecule has 0 heterocycles. The maximum atomic E-state index is 10.4. The molecular weight excluding hydrogens is 158 g/mol. The van der Waals surface area contributed by atoms with Gasteiger partial charge in [0.1, 0.15) is 0 Å². The normalized spacial score (nSPS) is 13.3. The van der Waals surface area contributed by atoms with E-state index in [0.29, 0.717) is 12.5 Å². The smallest absolute Gasteiger partial charge is 0.235 e. The molecule has 0 aromatic carbocycles. The van der Waals surface area contributed by atoms with Crippen molar-refractivity contribution in [2.75, 3.05) is 13.2 Å². The van der Waals surface area contributed by atoms with Crippen LogP contribution in [0.1, 0.15) is 13.8 Å². The topological polar surface area (TPSA) is 90.4 Å². The van der Waals surface area contributed by atoms with Crippen LogP contribution in [0.15, 0.2) is 0 Å². The molecule has 0 aromatic heterocycles. The number of hydrogen-bond donors (Lipinski definition) is 3. The molecule has 5 nitrogen and oxygen atoms in total. The van der Waals surface area contributed by atoms with Crippen LogP contribution >= 0.6 is 0 Å². The molecule has 0 saturated carbocycles. The second-order valence-electron chi connectivity index (χ2n) is 3.06. The zero-order valence-electron chi connectivity index (χ0n) is 7.54. The lowest BCUT2D eigenvalue weighted by Crippen LogP contribution is -2.44. The van der Waals surface area contributed by atoms with E-state index in [1.807, 2.05) is 13.8 Å². The van der Waals surface area contributed by atoms with Crippen molar-refractivity contribution in [2.45, 2.75) is 19.9 Å². The summed E-state index contributed by atoms with van der Waals surface area (Å²) in [5, 5.41) is 0. The Morgan fingerprint density at radius 3 is 2.58 bits per heavy atom. The second-order valence-corrected chi connectivity index (χ2v) is 3.06. The molecule has 12 heavy (non-hydrogen) atoms. The van der Waals surface area contributed by atoms with Gasteiger partial charge in [-0.05, 0) is 5.92 Å². The van der Waals surface area contributed by atoms with Crippen molar-refractivity contribution in [2.24, 2.45) is 17.4 Å². The maximum absolute atomic E-state index is 10.4. The number of hydrogen-bond acceptors (Lipinski definition) is 4. The summed E-state index contributed by atoms with van der Waals surface area (Å²) in [6, 6.07) is -0.683. The van der Waals surface area contributed by atoms with Crippen molar-refractivity contribution in [3.8, 4) is 0 Å². The van der Waals surface area contributed by atoms with E-state index in [-0.39, 0.29) is 6.54 Å². The number of carbonyl (C=O) groups is 1. The van der Waals surface area contributed by atoms with Gasteiger partial charge >= 0.3 is 0 Å². The summed E-state index contributed by atoms with van der Waals surface area (Å²) < 4.78 is 0. The zero-order valence-corrected chi connectivity index (χ0v) is 7.54. The number of carbonyl (C=O) groups excluding carboxylic acids is 1. The highest BCUT2D eigenvalue weighted by Crippen LogP contribution is 1.89. The monoisotopic (exact) mass is 175 g/mol. The first-order valence-corrected chi connectivity index (χ1v) is 3.93. The Bertz CT molecular complexity index is 139. The molecule has 0 aliphatic rings. The zero-order chi connectivity index (χ0) is 9.56. The van der Waals surface area contributed by atoms with E-state index in [4.69, 9.17) is 16.3 Å². The molecule has 0 rings (SSSR count). The molecule has 1 amide bonds. The van der Waals surface area contributed by atoms with Gasteiger partial charge in [0, 0.05) is 6.54 Å². The first-order valence-electron chi connectivity index (χ1n) is 3.93. The Hall–Kier alpha value is -0.650. The molecule has 0 aliphatic heterocycles. The summed E-state index contributed by atoms with van der Waals surface area (Å²) in [6.45, 7) is 4.89. The molecule has 0 aliphatic carbocycles. The first kappa shape index (κ1) is 11.4. The van der Waals surface area contributed by atoms with Crippen molar-refractivity contribution in [3.63, 3.8) is 0 Å². The van der Waals surface area contributed by atoms with Crippen molar-refractivity contribution >= 4 is 5.91 Å². The van der Waals surface area contributed by atoms with E-state index >= 15 is 0 Å². The molecule has 1 unspecified atom stereocenters. The van der Waals surface area contributed by atoms with Gasteiger partial charge in [0.05, 0.1) is 12.6 Å². The molecule has 5 heteroatoms. The minimum atomic E-state index is -0.683. The van der Waals surface area contributed by atoms with Crippen molar-refractivity contribution in [3.05, 3.63) is 0 Å². The van der Waals surface area contributed by atoms with Crippen molar-refractivity contribution in [1.82, 2.24) is 5.48 Å². The van der Waals surface area contributed by atoms with Crippen LogP contribution in [0.5, 0.6) is 0 Å². The van der Waals surface area contributed by atoms with Crippen LogP contribution < -0.4 is 16.9 Å². The predicted octanol–water partition coefficient (Wildman–Crippen LogP) is -1.02. The Morgan fingerprint density at radius 2 is 2.17 bits per heavy atom. The maximum Gasteiger partial charge on any atom is 0.235 e. The molecule has 0 bridgehead atoms. The van der Waals surface area contributed by atoms with Gasteiger partial charge < -0.3 is 16.3 Å². The number of hydroxylamine groups is 1. The standard InChI is InChI=1S/C7H17N3O2/c1-5(2)4-12-10-3-6(8)7(9)11/h5-6,10H,3-4,8H2,1-2H3,(H2,9,11). The summed E-state index contributed by atoms with van der Waals surface area (Å²) in [6.07, 6.45) is 0. The lowest BCUT2D eigenvalue weighted by molar-refractivity contribution is -0.119. The molecule has 5 N–H and O–H groups in total. The Morgan fingerprint density at radius 1 is 1.58 bits per heavy atom. The molecule has 1 atom stereocenters. The van der Waals surface area contributed by atoms with Crippen LogP contribution in [-0.4, -0.2) is 25.1 Å². The van der Waals surface area contributed by atoms with Gasteiger partial charge in [-0.15, -0.1) is 0 Å². The third kappa shape index (κ3) is 6.09. The van der Waals surface area contributed by atoms with Gasteiger partial charge in [-0.25, -0.2) is 5.48 Å². The van der Waals surface area contributed by atoms with Gasteiger partial charge in [-0.1, -0.05) is 13.8 Å². The van der Waals surface area contributed by atoms with E-state index < -0.39 is 11.9 Å². The summed E-state index contributed by atoms with van der Waals surface area (Å²) >= 11 is 0. The molecule has 72 valence electrons. The van der Waals surface area contributed by atoms with E-state index in [0.717, 1.165) is 0 Å². The summed E-state index contributed by atoms with van der Waals surface area (Å²) in [5.41, 5.74) is 12.8. The van der Waals surface area contributed by atoms with Gasteiger partial charge in [-0.2, -0.15) is 0 Å². The summed E-state index contributed by atoms with van der Waals surface area (Å²) in [7, 11) is 0. The molecule has 0 fully saturated rings.